The fraction of sp³-hybridized carbons (Fsp3) is 0.353. The third kappa shape index (κ3) is 3.97. The van der Waals surface area contributed by atoms with Crippen molar-refractivity contribution in [1.82, 2.24) is 15.1 Å². The topological polar surface area (TPSA) is 68.5 Å². The molecule has 0 saturated heterocycles. The second-order valence-corrected chi connectivity index (χ2v) is 5.56. The van der Waals surface area contributed by atoms with Crippen molar-refractivity contribution < 1.29 is 9.63 Å². The average molecular weight is 312 g/mol. The zero-order valence-corrected chi connectivity index (χ0v) is 13.1. The van der Waals surface area contributed by atoms with Crippen molar-refractivity contribution in [3.8, 4) is 0 Å². The van der Waals surface area contributed by atoms with Crippen molar-refractivity contribution in [3.63, 3.8) is 0 Å². The maximum Gasteiger partial charge on any atom is 0.254 e. The van der Waals surface area contributed by atoms with Crippen molar-refractivity contribution in [2.24, 2.45) is 5.16 Å². The minimum Gasteiger partial charge on any atom is -0.390 e. The summed E-state index contributed by atoms with van der Waals surface area (Å²) in [6.45, 7) is 3.15. The van der Waals surface area contributed by atoms with Gasteiger partial charge in [0, 0.05) is 12.6 Å². The van der Waals surface area contributed by atoms with Gasteiger partial charge >= 0.3 is 0 Å². The second-order valence-electron chi connectivity index (χ2n) is 5.56. The number of oxime groups is 1. The monoisotopic (exact) mass is 312 g/mol. The number of carbonyl (C=O) groups is 1. The lowest BCUT2D eigenvalue weighted by Gasteiger charge is -2.08. The van der Waals surface area contributed by atoms with Gasteiger partial charge in [-0.1, -0.05) is 42.4 Å². The summed E-state index contributed by atoms with van der Waals surface area (Å²) in [5.74, 6) is -0.141. The highest BCUT2D eigenvalue weighted by Gasteiger charge is 2.20. The highest BCUT2D eigenvalue weighted by atomic mass is 16.6. The Labute approximate surface area is 135 Å². The van der Waals surface area contributed by atoms with Crippen LogP contribution in [-0.2, 0) is 11.4 Å². The molecule has 0 unspecified atom stereocenters. The van der Waals surface area contributed by atoms with Crippen LogP contribution in [0.2, 0.25) is 0 Å². The van der Waals surface area contributed by atoms with E-state index in [2.05, 4.69) is 15.6 Å². The maximum atomic E-state index is 12.2. The van der Waals surface area contributed by atoms with E-state index in [0.717, 1.165) is 24.1 Å². The maximum absolute atomic E-state index is 12.2. The molecular formula is C17H20N4O2. The highest BCUT2D eigenvalue weighted by molar-refractivity contribution is 5.93. The predicted molar refractivity (Wildman–Crippen MR) is 87.3 cm³/mol. The number of hydrogen-bond donors (Lipinski definition) is 1. The number of hydrogen-bond acceptors (Lipinski definition) is 4. The van der Waals surface area contributed by atoms with E-state index in [1.807, 2.05) is 37.3 Å². The standard InChI is InChI=1S/C17H20N4O2/c1-2-15-8-16(23-20-15)10-18-17(22)14-9-19-21(12-14)11-13-6-4-3-5-7-13/h3-7,9,12,16H,2,8,10-11H2,1H3,(H,18,22)/t16-/m1/s1. The predicted octanol–water partition coefficient (Wildman–Crippen LogP) is 2.22. The molecular weight excluding hydrogens is 292 g/mol. The Kier molecular flexibility index (Phi) is 4.71. The van der Waals surface area contributed by atoms with Crippen LogP contribution in [0.1, 0.15) is 35.7 Å². The van der Waals surface area contributed by atoms with E-state index in [9.17, 15) is 4.79 Å². The van der Waals surface area contributed by atoms with Crippen LogP contribution in [0.3, 0.4) is 0 Å². The first kappa shape index (κ1) is 15.3. The molecule has 0 saturated carbocycles. The molecule has 0 bridgehead atoms. The summed E-state index contributed by atoms with van der Waals surface area (Å²) in [5.41, 5.74) is 2.74. The Balaban J connectivity index is 1.51. The van der Waals surface area contributed by atoms with Crippen LogP contribution in [-0.4, -0.2) is 34.0 Å². The molecule has 6 nitrogen and oxygen atoms in total. The number of nitrogens with zero attached hydrogens (tertiary/aromatic N) is 3. The molecule has 2 heterocycles. The molecule has 23 heavy (non-hydrogen) atoms. The molecule has 1 aromatic carbocycles. The van der Waals surface area contributed by atoms with Gasteiger partial charge in [0.25, 0.3) is 5.91 Å². The van der Waals surface area contributed by atoms with Crippen molar-refractivity contribution >= 4 is 11.6 Å². The summed E-state index contributed by atoms with van der Waals surface area (Å²) in [4.78, 5) is 17.4. The average Bonchev–Trinajstić information content (AvgIpc) is 3.23. The van der Waals surface area contributed by atoms with Gasteiger partial charge in [0.05, 0.1) is 30.6 Å². The first-order valence-corrected chi connectivity index (χ1v) is 7.80. The Morgan fingerprint density at radius 3 is 2.96 bits per heavy atom. The van der Waals surface area contributed by atoms with Crippen LogP contribution < -0.4 is 5.32 Å². The quantitative estimate of drug-likeness (QED) is 0.889. The number of benzene rings is 1. The summed E-state index contributed by atoms with van der Waals surface area (Å²) >= 11 is 0. The van der Waals surface area contributed by atoms with Gasteiger partial charge in [-0.05, 0) is 12.0 Å². The van der Waals surface area contributed by atoms with Gasteiger partial charge in [0.2, 0.25) is 0 Å². The number of nitrogens with one attached hydrogen (secondary N) is 1. The molecule has 1 aromatic heterocycles. The van der Waals surface area contributed by atoms with Crippen LogP contribution in [0.5, 0.6) is 0 Å². The lowest BCUT2D eigenvalue weighted by molar-refractivity contribution is 0.0753. The Hall–Kier alpha value is -2.63. The summed E-state index contributed by atoms with van der Waals surface area (Å²) in [6, 6.07) is 10.0. The van der Waals surface area contributed by atoms with Gasteiger partial charge in [-0.25, -0.2) is 0 Å². The van der Waals surface area contributed by atoms with E-state index >= 15 is 0 Å². The summed E-state index contributed by atoms with van der Waals surface area (Å²) in [7, 11) is 0. The third-order valence-corrected chi connectivity index (χ3v) is 3.78. The first-order valence-electron chi connectivity index (χ1n) is 7.80. The molecule has 120 valence electrons. The number of aromatic nitrogens is 2. The van der Waals surface area contributed by atoms with E-state index in [0.29, 0.717) is 18.7 Å². The van der Waals surface area contributed by atoms with E-state index in [1.54, 1.807) is 17.1 Å². The first-order chi connectivity index (χ1) is 11.2. The Morgan fingerprint density at radius 1 is 1.39 bits per heavy atom. The molecule has 0 radical (unpaired) electrons. The zero-order valence-electron chi connectivity index (χ0n) is 13.1. The summed E-state index contributed by atoms with van der Waals surface area (Å²) in [6.07, 6.45) is 4.95. The number of rotatable bonds is 6. The fourth-order valence-electron chi connectivity index (χ4n) is 2.45. The van der Waals surface area contributed by atoms with Crippen LogP contribution in [0.15, 0.2) is 47.9 Å². The van der Waals surface area contributed by atoms with Gasteiger partial charge < -0.3 is 10.2 Å². The minimum absolute atomic E-state index is 0.0618. The molecule has 0 aliphatic carbocycles. The third-order valence-electron chi connectivity index (χ3n) is 3.78. The van der Waals surface area contributed by atoms with Crippen LogP contribution in [0.25, 0.3) is 0 Å². The minimum atomic E-state index is -0.141. The van der Waals surface area contributed by atoms with Crippen molar-refractivity contribution in [1.29, 1.82) is 0 Å². The molecule has 2 aromatic rings. The molecule has 1 N–H and O–H groups in total. The molecule has 1 aliphatic rings. The van der Waals surface area contributed by atoms with Crippen molar-refractivity contribution in [3.05, 3.63) is 53.9 Å². The molecule has 1 atom stereocenters. The number of amides is 1. The van der Waals surface area contributed by atoms with E-state index in [4.69, 9.17) is 4.84 Å². The molecule has 0 fully saturated rings. The second kappa shape index (κ2) is 7.09. The SMILES string of the molecule is CCC1=NO[C@@H](CNC(=O)c2cnn(Cc3ccccc3)c2)C1. The molecule has 1 aliphatic heterocycles. The van der Waals surface area contributed by atoms with Crippen molar-refractivity contribution in [2.75, 3.05) is 6.54 Å². The van der Waals surface area contributed by atoms with E-state index < -0.39 is 0 Å². The molecule has 1 amide bonds. The summed E-state index contributed by atoms with van der Waals surface area (Å²) in [5, 5.41) is 11.1. The molecule has 6 heteroatoms. The fourth-order valence-corrected chi connectivity index (χ4v) is 2.45. The van der Waals surface area contributed by atoms with Gasteiger partial charge in [-0.15, -0.1) is 0 Å². The van der Waals surface area contributed by atoms with E-state index in [-0.39, 0.29) is 12.0 Å². The molecule has 3 rings (SSSR count). The smallest absolute Gasteiger partial charge is 0.254 e. The van der Waals surface area contributed by atoms with E-state index in [1.165, 1.54) is 0 Å². The largest absolute Gasteiger partial charge is 0.390 e. The lowest BCUT2D eigenvalue weighted by atomic mass is 10.1. The van der Waals surface area contributed by atoms with Gasteiger partial charge in [-0.2, -0.15) is 5.10 Å². The normalized spacial score (nSPS) is 16.7. The van der Waals surface area contributed by atoms with Crippen molar-refractivity contribution in [2.45, 2.75) is 32.4 Å². The zero-order chi connectivity index (χ0) is 16.1. The van der Waals surface area contributed by atoms with Crippen LogP contribution in [0, 0.1) is 0 Å². The Bertz CT molecular complexity index is 694. The van der Waals surface area contributed by atoms with Gasteiger partial charge in [-0.3, -0.25) is 9.48 Å². The molecule has 0 spiro atoms. The highest BCUT2D eigenvalue weighted by Crippen LogP contribution is 2.12. The number of carbonyl (C=O) groups excluding carboxylic acids is 1. The van der Waals surface area contributed by atoms with Gasteiger partial charge in [0.15, 0.2) is 0 Å². The lowest BCUT2D eigenvalue weighted by Crippen LogP contribution is -2.32. The summed E-state index contributed by atoms with van der Waals surface area (Å²) < 4.78 is 1.76. The van der Waals surface area contributed by atoms with Crippen LogP contribution >= 0.6 is 0 Å². The van der Waals surface area contributed by atoms with Crippen LogP contribution in [0.4, 0.5) is 0 Å². The Morgan fingerprint density at radius 2 is 2.22 bits per heavy atom. The van der Waals surface area contributed by atoms with Gasteiger partial charge in [0.1, 0.15) is 6.10 Å².